The van der Waals surface area contributed by atoms with E-state index >= 15 is 0 Å². The van der Waals surface area contributed by atoms with Crippen molar-refractivity contribution in [1.82, 2.24) is 9.21 Å². The van der Waals surface area contributed by atoms with Gasteiger partial charge in [-0.3, -0.25) is 9.59 Å². The van der Waals surface area contributed by atoms with Crippen LogP contribution in [-0.2, 0) is 26.0 Å². The highest BCUT2D eigenvalue weighted by Gasteiger charge is 2.45. The van der Waals surface area contributed by atoms with Crippen LogP contribution in [0.4, 0.5) is 8.78 Å². The molecular formula is C31H31Cl2F2N3O8S. The fourth-order valence-electron chi connectivity index (χ4n) is 4.95. The lowest BCUT2D eigenvalue weighted by Gasteiger charge is -2.38. The second-order valence-electron chi connectivity index (χ2n) is 11.4. The summed E-state index contributed by atoms with van der Waals surface area (Å²) in [6.45, 7) is -2.83. The molecule has 0 bridgehead atoms. The lowest BCUT2D eigenvalue weighted by atomic mass is 10.0. The van der Waals surface area contributed by atoms with Crippen molar-refractivity contribution in [3.63, 3.8) is 0 Å². The Morgan fingerprint density at radius 2 is 1.77 bits per heavy atom. The zero-order chi connectivity index (χ0) is 34.0. The molecule has 2 unspecified atom stereocenters. The van der Waals surface area contributed by atoms with Crippen molar-refractivity contribution in [2.45, 2.75) is 49.3 Å². The van der Waals surface area contributed by atoms with Gasteiger partial charge in [-0.25, -0.2) is 8.42 Å². The van der Waals surface area contributed by atoms with Gasteiger partial charge in [0.15, 0.2) is 23.9 Å². The molecule has 1 amide bonds. The van der Waals surface area contributed by atoms with E-state index in [0.29, 0.717) is 10.3 Å². The fourth-order valence-corrected chi connectivity index (χ4v) is 7.22. The summed E-state index contributed by atoms with van der Waals surface area (Å²) in [7, 11) is -1.14. The first kappa shape index (κ1) is 34.6. The van der Waals surface area contributed by atoms with E-state index in [-0.39, 0.29) is 69.5 Å². The van der Waals surface area contributed by atoms with Crippen molar-refractivity contribution >= 4 is 45.1 Å². The predicted octanol–water partition coefficient (Wildman–Crippen LogP) is 5.01. The molecule has 47 heavy (non-hydrogen) atoms. The summed E-state index contributed by atoms with van der Waals surface area (Å²) >= 11 is 12.7. The predicted molar refractivity (Wildman–Crippen MR) is 166 cm³/mol. The van der Waals surface area contributed by atoms with Gasteiger partial charge in [-0.2, -0.15) is 17.8 Å². The number of esters is 1. The molecule has 252 valence electrons. The molecule has 0 N–H and O–H groups in total. The van der Waals surface area contributed by atoms with E-state index in [9.17, 15) is 32.0 Å². The second-order valence-corrected chi connectivity index (χ2v) is 14.1. The van der Waals surface area contributed by atoms with Crippen molar-refractivity contribution in [2.24, 2.45) is 5.92 Å². The van der Waals surface area contributed by atoms with E-state index in [4.69, 9.17) is 32.7 Å². The molecule has 2 aliphatic rings. The van der Waals surface area contributed by atoms with Crippen LogP contribution in [0.15, 0.2) is 59.8 Å². The Morgan fingerprint density at radius 3 is 2.36 bits per heavy atom. The van der Waals surface area contributed by atoms with Gasteiger partial charge in [-0.15, -0.1) is 0 Å². The highest BCUT2D eigenvalue weighted by molar-refractivity contribution is 7.89. The Balaban J connectivity index is 1.44. The summed E-state index contributed by atoms with van der Waals surface area (Å²) in [4.78, 5) is 27.2. The van der Waals surface area contributed by atoms with Crippen molar-refractivity contribution < 1.29 is 45.7 Å². The summed E-state index contributed by atoms with van der Waals surface area (Å²) in [6.07, 6.45) is 2.84. The van der Waals surface area contributed by atoms with Gasteiger partial charge in [0.2, 0.25) is 10.0 Å². The minimum Gasteiger partial charge on any atom is -0.619 e. The number of pyridine rings is 1. The Morgan fingerprint density at radius 1 is 1.06 bits per heavy atom. The molecule has 5 rings (SSSR count). The summed E-state index contributed by atoms with van der Waals surface area (Å²) in [5, 5.41) is 11.8. The van der Waals surface area contributed by atoms with Gasteiger partial charge in [0.05, 0.1) is 11.5 Å². The SMILES string of the molecule is CN(C)C(=O)c1cccc(S(=O)(=O)N2CCC2C(=O)OC(Cc2c(Cl)c[n+]([O-])cc2Cl)c2ccc(OC(F)F)c(OCC3CC3)c2)c1. The fraction of sp³-hybridized carbons (Fsp3) is 0.387. The summed E-state index contributed by atoms with van der Waals surface area (Å²) in [5.74, 6) is -1.22. The average Bonchev–Trinajstić information content (AvgIpc) is 3.81. The third kappa shape index (κ3) is 8.06. The van der Waals surface area contributed by atoms with Crippen LogP contribution < -0.4 is 14.2 Å². The summed E-state index contributed by atoms with van der Waals surface area (Å²) in [6, 6.07) is 8.37. The van der Waals surface area contributed by atoms with Crippen molar-refractivity contribution in [2.75, 3.05) is 27.2 Å². The zero-order valence-corrected chi connectivity index (χ0v) is 27.6. The molecule has 2 atom stereocenters. The molecule has 0 radical (unpaired) electrons. The third-order valence-electron chi connectivity index (χ3n) is 7.77. The standard InChI is InChI=1S/C31H31Cl2F2N3O8S/c1-36(2)29(39)20-4-3-5-21(12-20)47(42,43)38-11-10-25(38)30(40)45-27(14-22-23(32)15-37(41)16-24(22)33)19-8-9-26(46-31(34)35)28(13-19)44-17-18-6-7-18/h3-5,8-9,12-13,15-16,18,25,27,31H,6-7,10-11,14,17H2,1-2H3. The van der Waals surface area contributed by atoms with Crippen LogP contribution in [0.25, 0.3) is 0 Å². The molecule has 1 saturated heterocycles. The van der Waals surface area contributed by atoms with E-state index in [1.807, 2.05) is 0 Å². The highest BCUT2D eigenvalue weighted by atomic mass is 35.5. The number of hydrogen-bond donors (Lipinski definition) is 0. The smallest absolute Gasteiger partial charge is 0.387 e. The van der Waals surface area contributed by atoms with Crippen LogP contribution in [0.3, 0.4) is 0 Å². The number of amides is 1. The first-order valence-corrected chi connectivity index (χ1v) is 16.8. The van der Waals surface area contributed by atoms with E-state index in [1.54, 1.807) is 0 Å². The van der Waals surface area contributed by atoms with Crippen LogP contribution in [0.2, 0.25) is 10.0 Å². The number of nitrogens with zero attached hydrogens (tertiary/aromatic N) is 3. The van der Waals surface area contributed by atoms with Gasteiger partial charge in [-0.05, 0) is 61.1 Å². The molecule has 1 aliphatic carbocycles. The molecule has 16 heteroatoms. The van der Waals surface area contributed by atoms with E-state index in [1.165, 1.54) is 61.5 Å². The number of carbonyl (C=O) groups excluding carboxylic acids is 2. The number of hydrogen-bond acceptors (Lipinski definition) is 8. The minimum absolute atomic E-state index is 0.00148. The Hall–Kier alpha value is -3.72. The molecule has 0 spiro atoms. The van der Waals surface area contributed by atoms with Gasteiger partial charge in [0.1, 0.15) is 22.2 Å². The Bertz CT molecular complexity index is 1750. The molecule has 2 heterocycles. The summed E-state index contributed by atoms with van der Waals surface area (Å²) < 4.78 is 71.2. The van der Waals surface area contributed by atoms with E-state index in [2.05, 4.69) is 4.74 Å². The van der Waals surface area contributed by atoms with Crippen molar-refractivity contribution in [3.8, 4) is 11.5 Å². The first-order valence-electron chi connectivity index (χ1n) is 14.6. The van der Waals surface area contributed by atoms with Crippen LogP contribution in [0.1, 0.15) is 46.9 Å². The maximum atomic E-state index is 13.6. The van der Waals surface area contributed by atoms with Crippen molar-refractivity contribution in [3.05, 3.63) is 86.8 Å². The maximum Gasteiger partial charge on any atom is 0.387 e. The lowest BCUT2D eigenvalue weighted by Crippen LogP contribution is -2.55. The topological polar surface area (TPSA) is 129 Å². The molecule has 11 nitrogen and oxygen atoms in total. The number of benzene rings is 2. The maximum absolute atomic E-state index is 13.6. The molecular weight excluding hydrogens is 683 g/mol. The first-order chi connectivity index (χ1) is 22.2. The molecule has 1 aliphatic heterocycles. The lowest BCUT2D eigenvalue weighted by molar-refractivity contribution is -0.605. The molecule has 1 aromatic heterocycles. The number of rotatable bonds is 13. The normalized spacial score (nSPS) is 17.1. The molecule has 1 saturated carbocycles. The highest BCUT2D eigenvalue weighted by Crippen LogP contribution is 2.39. The summed E-state index contributed by atoms with van der Waals surface area (Å²) in [5.41, 5.74) is 0.707. The number of alkyl halides is 2. The Labute approximate surface area is 280 Å². The zero-order valence-electron chi connectivity index (χ0n) is 25.3. The second kappa shape index (κ2) is 14.2. The van der Waals surface area contributed by atoms with Crippen LogP contribution in [-0.4, -0.2) is 69.4 Å². The van der Waals surface area contributed by atoms with Gasteiger partial charge in [0.25, 0.3) is 5.91 Å². The number of halogens is 4. The third-order valence-corrected chi connectivity index (χ3v) is 10.3. The average molecular weight is 715 g/mol. The van der Waals surface area contributed by atoms with Crippen LogP contribution >= 0.6 is 23.2 Å². The number of sulfonamides is 1. The van der Waals surface area contributed by atoms with Crippen molar-refractivity contribution in [1.29, 1.82) is 0 Å². The molecule has 2 fully saturated rings. The molecule has 3 aromatic rings. The van der Waals surface area contributed by atoms with Gasteiger partial charge < -0.3 is 24.3 Å². The van der Waals surface area contributed by atoms with E-state index < -0.39 is 40.7 Å². The van der Waals surface area contributed by atoms with Gasteiger partial charge in [-0.1, -0.05) is 35.3 Å². The molecule has 2 aromatic carbocycles. The van der Waals surface area contributed by atoms with Gasteiger partial charge in [0, 0.05) is 38.2 Å². The van der Waals surface area contributed by atoms with Crippen LogP contribution in [0, 0.1) is 11.1 Å². The number of aromatic nitrogens is 1. The largest absolute Gasteiger partial charge is 0.619 e. The van der Waals surface area contributed by atoms with Gasteiger partial charge >= 0.3 is 12.6 Å². The quantitative estimate of drug-likeness (QED) is 0.137. The Kier molecular flexibility index (Phi) is 10.4. The van der Waals surface area contributed by atoms with Crippen LogP contribution in [0.5, 0.6) is 11.5 Å². The van der Waals surface area contributed by atoms with E-state index in [0.717, 1.165) is 29.5 Å². The minimum atomic E-state index is -4.21. The number of ether oxygens (including phenoxy) is 3. The number of carbonyl (C=O) groups is 2. The monoisotopic (exact) mass is 713 g/mol.